The third-order valence-electron chi connectivity index (χ3n) is 5.45. The quantitative estimate of drug-likeness (QED) is 0.761. The van der Waals surface area contributed by atoms with Gasteiger partial charge in [0.05, 0.1) is 22.9 Å². The molecule has 2 aromatic carbocycles. The molecule has 3 heterocycles. The highest BCUT2D eigenvalue weighted by atomic mass is 19.1. The molecule has 1 N–H and O–H groups in total. The summed E-state index contributed by atoms with van der Waals surface area (Å²) >= 11 is 0. The smallest absolute Gasteiger partial charge is 0.254 e. The number of hydrogen-bond donors (Lipinski definition) is 1. The number of carbonyl (C=O) groups excluding carboxylic acids is 1. The van der Waals surface area contributed by atoms with E-state index in [4.69, 9.17) is 0 Å². The van der Waals surface area contributed by atoms with E-state index < -0.39 is 0 Å². The molecule has 1 aromatic heterocycles. The minimum Gasteiger partial charge on any atom is -0.330 e. The van der Waals surface area contributed by atoms with Crippen molar-refractivity contribution in [3.8, 4) is 11.3 Å². The summed E-state index contributed by atoms with van der Waals surface area (Å²) in [5.74, 6) is -0.205. The lowest BCUT2D eigenvalue weighted by Gasteiger charge is -2.31. The van der Waals surface area contributed by atoms with Crippen LogP contribution in [0.4, 0.5) is 4.39 Å². The number of hydrogen-bond acceptors (Lipinski definition) is 4. The van der Waals surface area contributed by atoms with E-state index in [0.29, 0.717) is 17.6 Å². The predicted octanol–water partition coefficient (Wildman–Crippen LogP) is 3.14. The average Bonchev–Trinajstić information content (AvgIpc) is 3.04. The van der Waals surface area contributed by atoms with E-state index in [1.54, 1.807) is 12.3 Å². The van der Waals surface area contributed by atoms with E-state index in [1.807, 2.05) is 23.1 Å². The van der Waals surface area contributed by atoms with Crippen molar-refractivity contribution in [1.82, 2.24) is 20.2 Å². The molecule has 2 aliphatic heterocycles. The van der Waals surface area contributed by atoms with Crippen molar-refractivity contribution in [2.24, 2.45) is 0 Å². The molecular formula is C21H19FN4O. The Balaban J connectivity index is 1.47. The Labute approximate surface area is 156 Å². The lowest BCUT2D eigenvalue weighted by molar-refractivity contribution is 0.0674. The molecule has 2 aliphatic rings. The van der Waals surface area contributed by atoms with E-state index in [2.05, 4.69) is 15.3 Å². The average molecular weight is 362 g/mol. The van der Waals surface area contributed by atoms with Crippen LogP contribution in [-0.2, 0) is 6.54 Å². The van der Waals surface area contributed by atoms with Crippen molar-refractivity contribution in [3.05, 3.63) is 59.5 Å². The van der Waals surface area contributed by atoms with Gasteiger partial charge in [0.15, 0.2) is 0 Å². The normalized spacial score (nSPS) is 19.5. The lowest BCUT2D eigenvalue weighted by atomic mass is 10.0. The summed E-state index contributed by atoms with van der Waals surface area (Å²) < 4.78 is 13.3. The Morgan fingerprint density at radius 1 is 1.15 bits per heavy atom. The van der Waals surface area contributed by atoms with Gasteiger partial charge in [0.1, 0.15) is 5.82 Å². The van der Waals surface area contributed by atoms with Crippen molar-refractivity contribution in [2.75, 3.05) is 13.1 Å². The highest BCUT2D eigenvalue weighted by Crippen LogP contribution is 2.30. The monoisotopic (exact) mass is 362 g/mol. The number of nitrogens with zero attached hydrogens (tertiary/aromatic N) is 3. The molecule has 1 unspecified atom stereocenters. The Morgan fingerprint density at radius 2 is 2.07 bits per heavy atom. The Hall–Kier alpha value is -2.86. The van der Waals surface area contributed by atoms with E-state index in [1.165, 1.54) is 12.1 Å². The molecule has 5 rings (SSSR count). The molecule has 0 aliphatic carbocycles. The predicted molar refractivity (Wildman–Crippen MR) is 101 cm³/mol. The molecule has 0 saturated carbocycles. The van der Waals surface area contributed by atoms with Gasteiger partial charge in [0.2, 0.25) is 0 Å². The molecule has 5 nitrogen and oxygen atoms in total. The summed E-state index contributed by atoms with van der Waals surface area (Å²) in [7, 11) is 0. The van der Waals surface area contributed by atoms with Crippen molar-refractivity contribution in [3.63, 3.8) is 0 Å². The first-order chi connectivity index (χ1) is 13.2. The second-order valence-corrected chi connectivity index (χ2v) is 7.19. The third kappa shape index (κ3) is 2.86. The second kappa shape index (κ2) is 6.39. The summed E-state index contributed by atoms with van der Waals surface area (Å²) in [6.45, 7) is 2.53. The van der Waals surface area contributed by atoms with Gasteiger partial charge in [-0.05, 0) is 49.2 Å². The van der Waals surface area contributed by atoms with Crippen LogP contribution in [0.1, 0.15) is 28.8 Å². The number of halogens is 1. The van der Waals surface area contributed by atoms with Crippen LogP contribution in [-0.4, -0.2) is 39.9 Å². The second-order valence-electron chi connectivity index (χ2n) is 7.19. The zero-order chi connectivity index (χ0) is 18.4. The van der Waals surface area contributed by atoms with Crippen molar-refractivity contribution < 1.29 is 9.18 Å². The van der Waals surface area contributed by atoms with Gasteiger partial charge in [-0.3, -0.25) is 9.78 Å². The van der Waals surface area contributed by atoms with E-state index >= 15 is 0 Å². The largest absolute Gasteiger partial charge is 0.330 e. The lowest BCUT2D eigenvalue weighted by Crippen LogP contribution is -2.46. The number of benzene rings is 2. The third-order valence-corrected chi connectivity index (χ3v) is 5.45. The first kappa shape index (κ1) is 16.3. The summed E-state index contributed by atoms with van der Waals surface area (Å²) in [5, 5.41) is 3.38. The topological polar surface area (TPSA) is 58.1 Å². The van der Waals surface area contributed by atoms with Crippen LogP contribution in [0.3, 0.4) is 0 Å². The van der Waals surface area contributed by atoms with E-state index in [0.717, 1.165) is 48.3 Å². The Kier molecular flexibility index (Phi) is 3.86. The maximum Gasteiger partial charge on any atom is 0.254 e. The first-order valence-electron chi connectivity index (χ1n) is 9.26. The zero-order valence-electron chi connectivity index (χ0n) is 14.8. The van der Waals surface area contributed by atoms with Crippen LogP contribution in [0, 0.1) is 5.82 Å². The molecule has 136 valence electrons. The standard InChI is InChI=1S/C21H19FN4O/c22-15-4-6-18-19(9-15)24-11-20(25-18)13-3-5-17-14(8-13)12-26(21(17)27)16-2-1-7-23-10-16/h3-6,8-9,11,16,23H,1-2,7,10,12H2. The molecular weight excluding hydrogens is 343 g/mol. The first-order valence-corrected chi connectivity index (χ1v) is 9.26. The highest BCUT2D eigenvalue weighted by Gasteiger charge is 2.33. The highest BCUT2D eigenvalue weighted by molar-refractivity contribution is 5.99. The number of aromatic nitrogens is 2. The molecule has 0 bridgehead atoms. The van der Waals surface area contributed by atoms with Gasteiger partial charge in [-0.2, -0.15) is 0 Å². The maximum atomic E-state index is 13.3. The van der Waals surface area contributed by atoms with Gasteiger partial charge >= 0.3 is 0 Å². The van der Waals surface area contributed by atoms with Gasteiger partial charge in [0.25, 0.3) is 5.91 Å². The SMILES string of the molecule is O=C1c2ccc(-c3cnc4cc(F)ccc4n3)cc2CN1C1CCCNC1. The molecule has 1 fully saturated rings. The van der Waals surface area contributed by atoms with Crippen LogP contribution >= 0.6 is 0 Å². The fraction of sp³-hybridized carbons (Fsp3) is 0.286. The van der Waals surface area contributed by atoms with Crippen molar-refractivity contribution in [1.29, 1.82) is 0 Å². The molecule has 0 spiro atoms. The molecule has 3 aromatic rings. The van der Waals surface area contributed by atoms with Gasteiger partial charge < -0.3 is 10.2 Å². The molecule has 1 saturated heterocycles. The number of fused-ring (bicyclic) bond motifs is 2. The fourth-order valence-electron chi connectivity index (χ4n) is 4.02. The van der Waals surface area contributed by atoms with Crippen LogP contribution in [0.15, 0.2) is 42.6 Å². The van der Waals surface area contributed by atoms with E-state index in [9.17, 15) is 9.18 Å². The maximum absolute atomic E-state index is 13.3. The number of piperidine rings is 1. The summed E-state index contributed by atoms with van der Waals surface area (Å²) in [4.78, 5) is 23.7. The number of nitrogens with one attached hydrogen (secondary N) is 1. The van der Waals surface area contributed by atoms with Crippen LogP contribution < -0.4 is 5.32 Å². The van der Waals surface area contributed by atoms with E-state index in [-0.39, 0.29) is 17.8 Å². The van der Waals surface area contributed by atoms with Crippen LogP contribution in [0.2, 0.25) is 0 Å². The molecule has 27 heavy (non-hydrogen) atoms. The zero-order valence-corrected chi connectivity index (χ0v) is 14.8. The molecule has 6 heteroatoms. The minimum atomic E-state index is -0.321. The molecule has 0 radical (unpaired) electrons. The van der Waals surface area contributed by atoms with Crippen molar-refractivity contribution in [2.45, 2.75) is 25.4 Å². The van der Waals surface area contributed by atoms with Gasteiger partial charge in [-0.1, -0.05) is 6.07 Å². The minimum absolute atomic E-state index is 0.116. The van der Waals surface area contributed by atoms with Gasteiger partial charge in [-0.25, -0.2) is 9.37 Å². The Morgan fingerprint density at radius 3 is 2.93 bits per heavy atom. The number of rotatable bonds is 2. The summed E-state index contributed by atoms with van der Waals surface area (Å²) in [6.07, 6.45) is 3.80. The number of carbonyl (C=O) groups is 1. The Bertz CT molecular complexity index is 1050. The summed E-state index contributed by atoms with van der Waals surface area (Å²) in [5.41, 5.74) is 4.64. The van der Waals surface area contributed by atoms with Crippen LogP contribution in [0.5, 0.6) is 0 Å². The summed E-state index contributed by atoms with van der Waals surface area (Å²) in [6, 6.07) is 10.5. The molecule has 1 amide bonds. The number of amides is 1. The van der Waals surface area contributed by atoms with Gasteiger partial charge in [0, 0.05) is 36.3 Å². The van der Waals surface area contributed by atoms with Gasteiger partial charge in [-0.15, -0.1) is 0 Å². The molecule has 1 atom stereocenters. The fourth-order valence-corrected chi connectivity index (χ4v) is 4.02. The van der Waals surface area contributed by atoms with Crippen LogP contribution in [0.25, 0.3) is 22.3 Å². The van der Waals surface area contributed by atoms with Crippen molar-refractivity contribution >= 4 is 16.9 Å².